The summed E-state index contributed by atoms with van der Waals surface area (Å²) in [7, 11) is 0. The predicted molar refractivity (Wildman–Crippen MR) is 83.1 cm³/mol. The minimum atomic E-state index is -0.220. The zero-order valence-electron chi connectivity index (χ0n) is 12.4. The van der Waals surface area contributed by atoms with E-state index in [1.54, 1.807) is 0 Å². The van der Waals surface area contributed by atoms with Crippen LogP contribution in [0.1, 0.15) is 35.7 Å². The second kappa shape index (κ2) is 4.60. The van der Waals surface area contributed by atoms with Crippen LogP contribution < -0.4 is 5.73 Å². The number of aryl methyl sites for hydroxylation is 2. The summed E-state index contributed by atoms with van der Waals surface area (Å²) in [6.07, 6.45) is 3.48. The Labute approximate surface area is 124 Å². The van der Waals surface area contributed by atoms with Crippen LogP contribution in [-0.2, 0) is 17.8 Å². The lowest BCUT2D eigenvalue weighted by atomic mass is 9.89. The molecule has 21 heavy (non-hydrogen) atoms. The normalized spacial score (nSPS) is 21.5. The number of hydrogen-bond donors (Lipinski definition) is 1. The molecule has 110 valence electrons. The van der Waals surface area contributed by atoms with Crippen LogP contribution in [0.25, 0.3) is 10.9 Å². The third kappa shape index (κ3) is 1.89. The van der Waals surface area contributed by atoms with Crippen LogP contribution in [0, 0.1) is 6.92 Å². The van der Waals surface area contributed by atoms with Crippen LogP contribution in [0.3, 0.4) is 0 Å². The van der Waals surface area contributed by atoms with Gasteiger partial charge in [-0.15, -0.1) is 0 Å². The summed E-state index contributed by atoms with van der Waals surface area (Å²) in [5, 5.41) is 1.41. The Morgan fingerprint density at radius 3 is 3.05 bits per heavy atom. The molecule has 0 fully saturated rings. The van der Waals surface area contributed by atoms with Crippen molar-refractivity contribution in [2.24, 2.45) is 5.73 Å². The highest BCUT2D eigenvalue weighted by Gasteiger charge is 2.35. The molecule has 1 aliphatic heterocycles. The average Bonchev–Trinajstić information content (AvgIpc) is 2.77. The zero-order chi connectivity index (χ0) is 14.6. The molecule has 1 atom stereocenters. The fraction of sp³-hybridized carbons (Fsp3) is 0.471. The van der Waals surface area contributed by atoms with Crippen molar-refractivity contribution < 1.29 is 4.79 Å². The SMILES string of the molecule is Cc1ccc2c(c1)c1c3n2CCN(CC(N)=O)[C@H]3CCC1. The third-order valence-electron chi connectivity index (χ3n) is 5.00. The highest BCUT2D eigenvalue weighted by Crippen LogP contribution is 2.42. The molecule has 0 spiro atoms. The van der Waals surface area contributed by atoms with Crippen molar-refractivity contribution in [1.82, 2.24) is 9.47 Å². The lowest BCUT2D eigenvalue weighted by molar-refractivity contribution is -0.120. The molecule has 0 saturated carbocycles. The molecular formula is C17H21N3O. The van der Waals surface area contributed by atoms with E-state index in [-0.39, 0.29) is 5.91 Å². The number of rotatable bonds is 2. The first kappa shape index (κ1) is 12.9. The summed E-state index contributed by atoms with van der Waals surface area (Å²) in [4.78, 5) is 13.6. The first-order valence-electron chi connectivity index (χ1n) is 7.79. The molecule has 0 bridgehead atoms. The van der Waals surface area contributed by atoms with Crippen LogP contribution in [-0.4, -0.2) is 28.5 Å². The van der Waals surface area contributed by atoms with Crippen LogP contribution >= 0.6 is 0 Å². The molecule has 2 aromatic rings. The number of amides is 1. The summed E-state index contributed by atoms with van der Waals surface area (Å²) >= 11 is 0. The van der Waals surface area contributed by atoms with Crippen LogP contribution in [0.15, 0.2) is 18.2 Å². The Balaban J connectivity index is 1.90. The van der Waals surface area contributed by atoms with E-state index >= 15 is 0 Å². The maximum atomic E-state index is 11.3. The van der Waals surface area contributed by atoms with Crippen molar-refractivity contribution in [3.05, 3.63) is 35.0 Å². The van der Waals surface area contributed by atoms with Gasteiger partial charge in [-0.3, -0.25) is 9.69 Å². The van der Waals surface area contributed by atoms with Gasteiger partial charge in [0.05, 0.1) is 12.6 Å². The topological polar surface area (TPSA) is 51.3 Å². The fourth-order valence-corrected chi connectivity index (χ4v) is 4.18. The van der Waals surface area contributed by atoms with Gasteiger partial charge in [0, 0.05) is 29.7 Å². The fourth-order valence-electron chi connectivity index (χ4n) is 4.18. The molecular weight excluding hydrogens is 262 g/mol. The summed E-state index contributed by atoms with van der Waals surface area (Å²) < 4.78 is 2.48. The van der Waals surface area contributed by atoms with Gasteiger partial charge in [0.15, 0.2) is 0 Å². The molecule has 1 aromatic carbocycles. The number of fused-ring (bicyclic) bond motifs is 3. The minimum absolute atomic E-state index is 0.220. The van der Waals surface area contributed by atoms with Crippen molar-refractivity contribution in [2.45, 2.75) is 38.8 Å². The maximum absolute atomic E-state index is 11.3. The molecule has 1 amide bonds. The number of primary amides is 1. The summed E-state index contributed by atoms with van der Waals surface area (Å²) in [5.41, 5.74) is 11.0. The number of aromatic nitrogens is 1. The molecule has 1 aliphatic carbocycles. The van der Waals surface area contributed by atoms with Crippen molar-refractivity contribution in [2.75, 3.05) is 13.1 Å². The number of benzene rings is 1. The summed E-state index contributed by atoms with van der Waals surface area (Å²) in [6, 6.07) is 7.13. The number of hydrogen-bond acceptors (Lipinski definition) is 2. The van der Waals surface area contributed by atoms with Crippen LogP contribution in [0.4, 0.5) is 0 Å². The molecule has 4 rings (SSSR count). The van der Waals surface area contributed by atoms with E-state index < -0.39 is 0 Å². The monoisotopic (exact) mass is 283 g/mol. The maximum Gasteiger partial charge on any atom is 0.231 e. The predicted octanol–water partition coefficient (Wildman–Crippen LogP) is 2.13. The second-order valence-corrected chi connectivity index (χ2v) is 6.38. The molecule has 0 unspecified atom stereocenters. The molecule has 2 aliphatic rings. The van der Waals surface area contributed by atoms with Crippen LogP contribution in [0.2, 0.25) is 0 Å². The molecule has 1 aromatic heterocycles. The second-order valence-electron chi connectivity index (χ2n) is 6.38. The van der Waals surface area contributed by atoms with Gasteiger partial charge in [-0.25, -0.2) is 0 Å². The van der Waals surface area contributed by atoms with E-state index in [1.807, 2.05) is 0 Å². The van der Waals surface area contributed by atoms with E-state index in [2.05, 4.69) is 34.6 Å². The van der Waals surface area contributed by atoms with E-state index in [0.717, 1.165) is 25.9 Å². The third-order valence-corrected chi connectivity index (χ3v) is 5.00. The molecule has 4 heteroatoms. The van der Waals surface area contributed by atoms with Gasteiger partial charge in [0.2, 0.25) is 5.91 Å². The minimum Gasteiger partial charge on any atom is -0.369 e. The summed E-state index contributed by atoms with van der Waals surface area (Å²) in [6.45, 7) is 4.41. The van der Waals surface area contributed by atoms with Crippen LogP contribution in [0.5, 0.6) is 0 Å². The standard InChI is InChI=1S/C17H21N3O/c1-11-5-6-14-13(9-11)12-3-2-4-15-17(12)20(14)8-7-19(15)10-16(18)21/h5-6,9,15H,2-4,7-8,10H2,1H3,(H2,18,21)/t15-/m0/s1. The van der Waals surface area contributed by atoms with Gasteiger partial charge in [0.1, 0.15) is 0 Å². The van der Waals surface area contributed by atoms with Crippen molar-refractivity contribution in [3.8, 4) is 0 Å². The van der Waals surface area contributed by atoms with Crippen molar-refractivity contribution >= 4 is 16.8 Å². The lowest BCUT2D eigenvalue weighted by Crippen LogP contribution is -2.43. The quantitative estimate of drug-likeness (QED) is 0.918. The van der Waals surface area contributed by atoms with Gasteiger partial charge in [0.25, 0.3) is 0 Å². The van der Waals surface area contributed by atoms with Gasteiger partial charge in [-0.05, 0) is 43.9 Å². The number of carbonyl (C=O) groups is 1. The average molecular weight is 283 g/mol. The first-order chi connectivity index (χ1) is 10.1. The Morgan fingerprint density at radius 1 is 1.38 bits per heavy atom. The Morgan fingerprint density at radius 2 is 2.24 bits per heavy atom. The Kier molecular flexibility index (Phi) is 2.82. The molecule has 0 saturated heterocycles. The van der Waals surface area contributed by atoms with E-state index in [1.165, 1.54) is 34.1 Å². The number of carbonyl (C=O) groups excluding carboxylic acids is 1. The molecule has 2 heterocycles. The lowest BCUT2D eigenvalue weighted by Gasteiger charge is -2.39. The molecule has 4 nitrogen and oxygen atoms in total. The van der Waals surface area contributed by atoms with Crippen molar-refractivity contribution in [1.29, 1.82) is 0 Å². The van der Waals surface area contributed by atoms with Gasteiger partial charge in [-0.2, -0.15) is 0 Å². The van der Waals surface area contributed by atoms with Gasteiger partial charge < -0.3 is 10.3 Å². The van der Waals surface area contributed by atoms with E-state index in [4.69, 9.17) is 5.73 Å². The zero-order valence-corrected chi connectivity index (χ0v) is 12.4. The van der Waals surface area contributed by atoms with E-state index in [9.17, 15) is 4.79 Å². The van der Waals surface area contributed by atoms with E-state index in [0.29, 0.717) is 12.6 Å². The first-order valence-corrected chi connectivity index (χ1v) is 7.79. The summed E-state index contributed by atoms with van der Waals surface area (Å²) in [5.74, 6) is -0.220. The number of nitrogens with zero attached hydrogens (tertiary/aromatic N) is 2. The Bertz CT molecular complexity index is 731. The molecule has 2 N–H and O–H groups in total. The highest BCUT2D eigenvalue weighted by molar-refractivity contribution is 5.87. The Hall–Kier alpha value is -1.81. The molecule has 0 radical (unpaired) electrons. The van der Waals surface area contributed by atoms with Gasteiger partial charge >= 0.3 is 0 Å². The van der Waals surface area contributed by atoms with Gasteiger partial charge in [-0.1, -0.05) is 11.6 Å². The highest BCUT2D eigenvalue weighted by atomic mass is 16.1. The number of nitrogens with two attached hydrogens (primary N) is 1. The van der Waals surface area contributed by atoms with Crippen molar-refractivity contribution in [3.63, 3.8) is 0 Å². The smallest absolute Gasteiger partial charge is 0.231 e. The largest absolute Gasteiger partial charge is 0.369 e.